The van der Waals surface area contributed by atoms with Crippen LogP contribution in [0.15, 0.2) is 48.5 Å². The summed E-state index contributed by atoms with van der Waals surface area (Å²) in [6.45, 7) is 6.08. The van der Waals surface area contributed by atoms with Crippen LogP contribution in [0.4, 0.5) is 0 Å². The molecule has 2 aliphatic heterocycles. The van der Waals surface area contributed by atoms with Crippen molar-refractivity contribution in [2.24, 2.45) is 0 Å². The van der Waals surface area contributed by atoms with E-state index in [-0.39, 0.29) is 0 Å². The van der Waals surface area contributed by atoms with Crippen molar-refractivity contribution in [3.05, 3.63) is 48.5 Å². The van der Waals surface area contributed by atoms with Crippen LogP contribution < -0.4 is 17.7 Å². The molecule has 0 bridgehead atoms. The first-order valence-electron chi connectivity index (χ1n) is 7.04. The fourth-order valence-electron chi connectivity index (χ4n) is 2.73. The van der Waals surface area contributed by atoms with Crippen molar-refractivity contribution in [2.45, 2.75) is 25.8 Å². The molecule has 0 fully saturated rings. The molecule has 0 unspecified atom stereocenters. The van der Waals surface area contributed by atoms with Crippen LogP contribution in [-0.2, 0) is 0 Å². The number of benzene rings is 2. The fraction of sp³-hybridized carbons (Fsp3) is 0.250. The van der Waals surface area contributed by atoms with Gasteiger partial charge in [0.2, 0.25) is 0 Å². The van der Waals surface area contributed by atoms with Gasteiger partial charge in [-0.2, -0.15) is 0 Å². The van der Waals surface area contributed by atoms with E-state index in [2.05, 4.69) is 0 Å². The van der Waals surface area contributed by atoms with Crippen LogP contribution in [0.25, 0.3) is 0 Å². The molecule has 2 aromatic rings. The van der Waals surface area contributed by atoms with E-state index in [0.29, 0.717) is 23.0 Å². The summed E-state index contributed by atoms with van der Waals surface area (Å²) < 4.78 is 25.1. The van der Waals surface area contributed by atoms with Gasteiger partial charge in [0.05, 0.1) is 0 Å². The van der Waals surface area contributed by atoms with Gasteiger partial charge in [0.1, 0.15) is 0 Å². The van der Waals surface area contributed by atoms with E-state index < -0.39 is 13.4 Å². The first-order valence-corrected chi connectivity index (χ1v) is 9.17. The van der Waals surface area contributed by atoms with E-state index in [1.165, 1.54) is 0 Å². The number of fused-ring (bicyclic) bond motifs is 2. The summed E-state index contributed by atoms with van der Waals surface area (Å²) in [5.74, 6) is 2.70. The molecular weight excluding hydrogens is 284 g/mol. The first kappa shape index (κ1) is 12.6. The zero-order valence-corrected chi connectivity index (χ0v) is 13.3. The third-order valence-electron chi connectivity index (χ3n) is 4.07. The SMILES string of the molecule is CC(C)(C)[Si-]12(Oc3ccccc3O1)Oc1ccccc1O2. The third-order valence-corrected chi connectivity index (χ3v) is 8.80. The number of hydrogen-bond acceptors (Lipinski definition) is 4. The first-order chi connectivity index (χ1) is 9.92. The van der Waals surface area contributed by atoms with Crippen LogP contribution in [0.1, 0.15) is 20.8 Å². The molecule has 5 heteroatoms. The predicted molar refractivity (Wildman–Crippen MR) is 80.9 cm³/mol. The second kappa shape index (κ2) is 3.54. The van der Waals surface area contributed by atoms with Gasteiger partial charge in [0.25, 0.3) is 0 Å². The molecule has 0 N–H and O–H groups in total. The van der Waals surface area contributed by atoms with Gasteiger partial charge in [-0.3, -0.25) is 0 Å². The Bertz CT molecular complexity index is 622. The molecule has 2 aromatic carbocycles. The molecule has 2 aliphatic rings. The van der Waals surface area contributed by atoms with Gasteiger partial charge in [0.15, 0.2) is 0 Å². The Labute approximate surface area is 124 Å². The molecule has 0 atom stereocenters. The maximum atomic E-state index is 6.28. The summed E-state index contributed by atoms with van der Waals surface area (Å²) in [6.07, 6.45) is 0. The maximum absolute atomic E-state index is 6.28. The van der Waals surface area contributed by atoms with Crippen molar-refractivity contribution in [3.8, 4) is 23.0 Å². The Morgan fingerprint density at radius 2 is 0.905 bits per heavy atom. The molecule has 4 nitrogen and oxygen atoms in total. The molecule has 0 radical (unpaired) electrons. The second-order valence-corrected chi connectivity index (χ2v) is 10.6. The number of rotatable bonds is 0. The van der Waals surface area contributed by atoms with E-state index >= 15 is 0 Å². The second-order valence-electron chi connectivity index (χ2n) is 6.46. The van der Waals surface area contributed by atoms with Gasteiger partial charge in [-0.05, 0) is 0 Å². The monoisotopic (exact) mass is 301 g/mol. The van der Waals surface area contributed by atoms with Crippen molar-refractivity contribution in [1.29, 1.82) is 0 Å². The van der Waals surface area contributed by atoms with Crippen molar-refractivity contribution >= 4 is 8.33 Å². The zero-order chi connectivity index (χ0) is 14.7. The Morgan fingerprint density at radius 3 is 1.14 bits per heavy atom. The van der Waals surface area contributed by atoms with Crippen molar-refractivity contribution in [3.63, 3.8) is 0 Å². The van der Waals surface area contributed by atoms with Gasteiger partial charge in [0, 0.05) is 0 Å². The Balaban J connectivity index is 1.91. The van der Waals surface area contributed by atoms with Gasteiger partial charge >= 0.3 is 123 Å². The number of hydrogen-bond donors (Lipinski definition) is 0. The van der Waals surface area contributed by atoms with E-state index in [4.69, 9.17) is 17.7 Å². The van der Waals surface area contributed by atoms with Crippen LogP contribution in [-0.4, -0.2) is 8.33 Å². The fourth-order valence-corrected chi connectivity index (χ4v) is 6.40. The molecule has 0 aromatic heterocycles. The summed E-state index contributed by atoms with van der Waals surface area (Å²) >= 11 is 0. The van der Waals surface area contributed by atoms with Crippen LogP contribution >= 0.6 is 0 Å². The molecule has 4 rings (SSSR count). The average molecular weight is 301 g/mol. The van der Waals surface area contributed by atoms with E-state index in [0.717, 1.165) is 0 Å². The minimum absolute atomic E-state index is 0.446. The van der Waals surface area contributed by atoms with E-state index in [1.54, 1.807) is 0 Å². The van der Waals surface area contributed by atoms with Crippen molar-refractivity contribution < 1.29 is 17.7 Å². The predicted octanol–water partition coefficient (Wildman–Crippen LogP) is 4.12. The minimum atomic E-state index is -4.13. The molecule has 0 aliphatic carbocycles. The van der Waals surface area contributed by atoms with Crippen molar-refractivity contribution in [2.75, 3.05) is 0 Å². The van der Waals surface area contributed by atoms with Crippen LogP contribution in [0.5, 0.6) is 23.0 Å². The molecule has 21 heavy (non-hydrogen) atoms. The molecule has 2 heterocycles. The quantitative estimate of drug-likeness (QED) is 0.686. The zero-order valence-electron chi connectivity index (χ0n) is 12.3. The summed E-state index contributed by atoms with van der Waals surface area (Å²) in [4.78, 5) is 0. The summed E-state index contributed by atoms with van der Waals surface area (Å²) in [5, 5.41) is -0.446. The summed E-state index contributed by atoms with van der Waals surface area (Å²) in [5.41, 5.74) is 0. The van der Waals surface area contributed by atoms with Crippen molar-refractivity contribution in [1.82, 2.24) is 0 Å². The van der Waals surface area contributed by atoms with Crippen LogP contribution in [0.3, 0.4) is 0 Å². The molecule has 0 amide bonds. The van der Waals surface area contributed by atoms with Gasteiger partial charge in [-0.15, -0.1) is 0 Å². The van der Waals surface area contributed by atoms with Crippen LogP contribution in [0.2, 0.25) is 5.04 Å². The van der Waals surface area contributed by atoms with Gasteiger partial charge in [-0.25, -0.2) is 0 Å². The third kappa shape index (κ3) is 1.44. The summed E-state index contributed by atoms with van der Waals surface area (Å²) in [7, 11) is -4.13. The number of para-hydroxylation sites is 4. The van der Waals surface area contributed by atoms with E-state index in [9.17, 15) is 0 Å². The average Bonchev–Trinajstić information content (AvgIpc) is 2.93. The van der Waals surface area contributed by atoms with Gasteiger partial charge < -0.3 is 0 Å². The van der Waals surface area contributed by atoms with E-state index in [1.807, 2.05) is 69.3 Å². The topological polar surface area (TPSA) is 36.9 Å². The standard InChI is InChI=1S/C16H17O4Si/c1-16(2,3)21(17-12-8-4-5-9-13(12)18-21)19-14-10-6-7-11-15(14)20-21/h4-11H,1-3H3/q-1. The summed E-state index contributed by atoms with van der Waals surface area (Å²) in [6, 6.07) is 15.2. The molecular formula is C16H17O4Si-. The Kier molecular flexibility index (Phi) is 2.12. The Morgan fingerprint density at radius 1 is 0.619 bits per heavy atom. The molecule has 1 spiro atoms. The molecule has 110 valence electrons. The normalized spacial score (nSPS) is 21.8. The molecule has 0 saturated heterocycles. The van der Waals surface area contributed by atoms with Gasteiger partial charge in [-0.1, -0.05) is 0 Å². The Hall–Kier alpha value is -2.14. The van der Waals surface area contributed by atoms with Crippen LogP contribution in [0, 0.1) is 0 Å². The molecule has 0 saturated carbocycles.